The summed E-state index contributed by atoms with van der Waals surface area (Å²) in [6.07, 6.45) is 1.45. The van der Waals surface area contributed by atoms with Gasteiger partial charge in [-0.25, -0.2) is 9.59 Å². The maximum absolute atomic E-state index is 13.0. The minimum absolute atomic E-state index is 0.0554. The van der Waals surface area contributed by atoms with Crippen molar-refractivity contribution in [3.05, 3.63) is 76.1 Å². The van der Waals surface area contributed by atoms with Crippen molar-refractivity contribution >= 4 is 52.2 Å². The van der Waals surface area contributed by atoms with Crippen molar-refractivity contribution in [2.75, 3.05) is 23.9 Å². The van der Waals surface area contributed by atoms with Crippen LogP contribution in [0.5, 0.6) is 0 Å². The van der Waals surface area contributed by atoms with Gasteiger partial charge in [-0.05, 0) is 55.5 Å². The number of thioether (sulfide) groups is 1. The van der Waals surface area contributed by atoms with Crippen LogP contribution in [0.15, 0.2) is 63.8 Å². The number of amides is 4. The largest absolute Gasteiger partial charge is 0.445 e. The number of fused-ring (bicyclic) bond motifs is 1. The molecule has 0 radical (unpaired) electrons. The predicted octanol–water partition coefficient (Wildman–Crippen LogP) is 2.71. The molecule has 1 heterocycles. The van der Waals surface area contributed by atoms with Crippen LogP contribution in [0, 0.1) is 6.92 Å². The van der Waals surface area contributed by atoms with Crippen molar-refractivity contribution in [2.45, 2.75) is 39.0 Å². The van der Waals surface area contributed by atoms with E-state index in [4.69, 9.17) is 9.15 Å². The van der Waals surface area contributed by atoms with Crippen molar-refractivity contribution in [2.24, 2.45) is 0 Å². The van der Waals surface area contributed by atoms with E-state index in [1.807, 2.05) is 24.5 Å². The number of nitrogens with one attached hydrogen (secondary N) is 4. The number of anilines is 1. The molecule has 0 bridgehead atoms. The molecule has 0 saturated carbocycles. The van der Waals surface area contributed by atoms with Gasteiger partial charge >= 0.3 is 11.7 Å². The van der Waals surface area contributed by atoms with Gasteiger partial charge in [-0.1, -0.05) is 30.3 Å². The summed E-state index contributed by atoms with van der Waals surface area (Å²) in [5.74, 6) is -1.03. The van der Waals surface area contributed by atoms with E-state index >= 15 is 0 Å². The van der Waals surface area contributed by atoms with Gasteiger partial charge in [0.1, 0.15) is 30.8 Å². The highest BCUT2D eigenvalue weighted by Crippen LogP contribution is 2.21. The fourth-order valence-corrected chi connectivity index (χ4v) is 4.19. The van der Waals surface area contributed by atoms with Crippen LogP contribution in [-0.2, 0) is 25.7 Å². The highest BCUT2D eigenvalue weighted by atomic mass is 32.2. The summed E-state index contributed by atoms with van der Waals surface area (Å²) < 4.78 is 10.3. The first-order valence-corrected chi connectivity index (χ1v) is 13.9. The smallest absolute Gasteiger partial charge is 0.407 e. The summed E-state index contributed by atoms with van der Waals surface area (Å²) in [5.41, 5.74) is 1.80. The van der Waals surface area contributed by atoms with Gasteiger partial charge in [0.25, 0.3) is 0 Å². The first-order valence-electron chi connectivity index (χ1n) is 12.5. The van der Waals surface area contributed by atoms with Crippen LogP contribution in [-0.4, -0.2) is 54.5 Å². The first-order chi connectivity index (χ1) is 19.2. The third-order valence-electron chi connectivity index (χ3n) is 5.84. The van der Waals surface area contributed by atoms with E-state index in [0.717, 1.165) is 16.5 Å². The predicted molar refractivity (Wildman–Crippen MR) is 153 cm³/mol. The summed E-state index contributed by atoms with van der Waals surface area (Å²) in [6.45, 7) is 2.93. The molecule has 2 aromatic carbocycles. The molecule has 0 aliphatic carbocycles. The Morgan fingerprint density at radius 2 is 1.75 bits per heavy atom. The second kappa shape index (κ2) is 14.7. The fourth-order valence-electron chi connectivity index (χ4n) is 3.72. The zero-order valence-corrected chi connectivity index (χ0v) is 23.3. The van der Waals surface area contributed by atoms with Gasteiger partial charge < -0.3 is 30.4 Å². The number of carbonyl (C=O) groups excluding carboxylic acids is 4. The molecular formula is C28H32N4O7S. The lowest BCUT2D eigenvalue weighted by molar-refractivity contribution is -0.130. The summed E-state index contributed by atoms with van der Waals surface area (Å²) in [4.78, 5) is 61.6. The van der Waals surface area contributed by atoms with Crippen LogP contribution in [0.25, 0.3) is 11.0 Å². The average Bonchev–Trinajstić information content (AvgIpc) is 2.93. The molecule has 4 amide bonds. The fraction of sp³-hybridized carbons (Fsp3) is 0.321. The van der Waals surface area contributed by atoms with Crippen molar-refractivity contribution in [1.82, 2.24) is 16.0 Å². The zero-order valence-electron chi connectivity index (χ0n) is 22.4. The van der Waals surface area contributed by atoms with Crippen LogP contribution >= 0.6 is 11.8 Å². The molecule has 212 valence electrons. The molecule has 3 aromatic rings. The molecule has 3 rings (SSSR count). The summed E-state index contributed by atoms with van der Waals surface area (Å²) in [6, 6.07) is 13.6. The quantitative estimate of drug-likeness (QED) is 0.243. The second-order valence-electron chi connectivity index (χ2n) is 9.00. The number of benzene rings is 2. The Bertz CT molecular complexity index is 1410. The molecule has 12 heteroatoms. The molecule has 0 aliphatic rings. The monoisotopic (exact) mass is 568 g/mol. The van der Waals surface area contributed by atoms with Gasteiger partial charge in [0, 0.05) is 23.2 Å². The molecule has 0 spiro atoms. The molecule has 0 unspecified atom stereocenters. The Morgan fingerprint density at radius 1 is 1.00 bits per heavy atom. The second-order valence-corrected chi connectivity index (χ2v) is 9.98. The normalized spacial score (nSPS) is 12.2. The molecule has 11 nitrogen and oxygen atoms in total. The standard InChI is InChI=1S/C28H32N4O7S/c1-17-13-25(34)39-23-14-20(9-10-21(17)23)31-27(36)22(11-12-40-3)32-26(35)18(2)30-24(33)15-29-28(37)38-16-19-7-5-4-6-8-19/h4-10,13-14,18,22H,11-12,15-16H2,1-3H3,(H,29,37)(H,30,33)(H,31,36)(H,32,35)/t18-,22-/m0/s1. The number of hydrogen-bond donors (Lipinski definition) is 4. The minimum atomic E-state index is -0.975. The lowest BCUT2D eigenvalue weighted by atomic mass is 10.1. The lowest BCUT2D eigenvalue weighted by Gasteiger charge is -2.21. The van der Waals surface area contributed by atoms with Crippen LogP contribution < -0.4 is 26.9 Å². The Morgan fingerprint density at radius 3 is 2.48 bits per heavy atom. The third-order valence-corrected chi connectivity index (χ3v) is 6.48. The summed E-state index contributed by atoms with van der Waals surface area (Å²) in [7, 11) is 0. The Hall–Kier alpha value is -4.32. The van der Waals surface area contributed by atoms with Crippen molar-refractivity contribution in [1.29, 1.82) is 0 Å². The molecule has 1 aromatic heterocycles. The molecular weight excluding hydrogens is 536 g/mol. The van der Waals surface area contributed by atoms with E-state index in [1.54, 1.807) is 37.3 Å². The van der Waals surface area contributed by atoms with Crippen molar-refractivity contribution in [3.63, 3.8) is 0 Å². The number of ether oxygens (including phenoxy) is 1. The van der Waals surface area contributed by atoms with Gasteiger partial charge in [0.15, 0.2) is 0 Å². The number of rotatable bonds is 12. The summed E-state index contributed by atoms with van der Waals surface area (Å²) in [5, 5.41) is 11.0. The minimum Gasteiger partial charge on any atom is -0.445 e. The molecule has 2 atom stereocenters. The van der Waals surface area contributed by atoms with E-state index < -0.39 is 41.5 Å². The van der Waals surface area contributed by atoms with Crippen LogP contribution in [0.2, 0.25) is 0 Å². The van der Waals surface area contributed by atoms with Crippen molar-refractivity contribution in [3.8, 4) is 0 Å². The maximum atomic E-state index is 13.0. The van der Waals surface area contributed by atoms with Gasteiger partial charge in [-0.3, -0.25) is 14.4 Å². The van der Waals surface area contributed by atoms with Gasteiger partial charge in [0.2, 0.25) is 17.7 Å². The number of carbonyl (C=O) groups is 4. The first kappa shape index (κ1) is 30.2. The van der Waals surface area contributed by atoms with Crippen LogP contribution in [0.3, 0.4) is 0 Å². The van der Waals surface area contributed by atoms with E-state index in [-0.39, 0.29) is 13.2 Å². The van der Waals surface area contributed by atoms with Gasteiger partial charge in [-0.2, -0.15) is 11.8 Å². The molecule has 4 N–H and O–H groups in total. The van der Waals surface area contributed by atoms with Gasteiger partial charge in [0.05, 0.1) is 0 Å². The summed E-state index contributed by atoms with van der Waals surface area (Å²) >= 11 is 1.51. The van der Waals surface area contributed by atoms with Crippen molar-refractivity contribution < 1.29 is 28.3 Å². The number of aryl methyl sites for hydroxylation is 1. The Kier molecular flexibility index (Phi) is 11.1. The van der Waals surface area contributed by atoms with Crippen LogP contribution in [0.4, 0.5) is 10.5 Å². The van der Waals surface area contributed by atoms with E-state index in [2.05, 4.69) is 21.3 Å². The highest BCUT2D eigenvalue weighted by molar-refractivity contribution is 7.98. The SMILES string of the molecule is CSCC[C@H](NC(=O)[C@H](C)NC(=O)CNC(=O)OCc1ccccc1)C(=O)Nc1ccc2c(C)cc(=O)oc2c1. The van der Waals surface area contributed by atoms with E-state index in [9.17, 15) is 24.0 Å². The highest BCUT2D eigenvalue weighted by Gasteiger charge is 2.24. The number of alkyl carbamates (subject to hydrolysis) is 1. The van der Waals surface area contributed by atoms with Crippen LogP contribution in [0.1, 0.15) is 24.5 Å². The van der Waals surface area contributed by atoms with E-state index in [1.165, 1.54) is 24.8 Å². The topological polar surface area (TPSA) is 156 Å². The average molecular weight is 569 g/mol. The molecule has 0 aliphatic heterocycles. The molecule has 0 fully saturated rings. The Labute approximate surface area is 235 Å². The zero-order chi connectivity index (χ0) is 29.1. The number of hydrogen-bond acceptors (Lipinski definition) is 8. The Balaban J connectivity index is 1.51. The van der Waals surface area contributed by atoms with Gasteiger partial charge in [-0.15, -0.1) is 0 Å². The molecule has 0 saturated heterocycles. The maximum Gasteiger partial charge on any atom is 0.407 e. The third kappa shape index (κ3) is 9.16. The molecule has 40 heavy (non-hydrogen) atoms. The lowest BCUT2D eigenvalue weighted by Crippen LogP contribution is -2.52. The van der Waals surface area contributed by atoms with E-state index in [0.29, 0.717) is 23.4 Å².